The summed E-state index contributed by atoms with van der Waals surface area (Å²) in [5.74, 6) is -0.191. The van der Waals surface area contributed by atoms with Crippen LogP contribution in [0.2, 0.25) is 20.1 Å². The van der Waals surface area contributed by atoms with E-state index >= 15 is 0 Å². The minimum atomic E-state index is -0.181. The van der Waals surface area contributed by atoms with Crippen molar-refractivity contribution in [2.24, 2.45) is 0 Å². The lowest BCUT2D eigenvalue weighted by Crippen LogP contribution is -2.27. The van der Waals surface area contributed by atoms with E-state index in [-0.39, 0.29) is 30.3 Å². The van der Waals surface area contributed by atoms with Gasteiger partial charge in [-0.15, -0.1) is 0 Å². The third-order valence-electron chi connectivity index (χ3n) is 8.48. The van der Waals surface area contributed by atoms with Gasteiger partial charge in [0.05, 0.1) is 50.2 Å². The molecule has 6 aromatic rings. The highest BCUT2D eigenvalue weighted by atomic mass is 35.5. The number of ketones is 2. The number of aromatic nitrogens is 4. The number of aryl methyl sites for hydroxylation is 2. The van der Waals surface area contributed by atoms with Crippen LogP contribution in [-0.2, 0) is 26.2 Å². The fraction of sp³-hybridized carbons (Fsp3) is 0.263. The summed E-state index contributed by atoms with van der Waals surface area (Å²) in [5, 5.41) is 19.0. The first-order chi connectivity index (χ1) is 24.1. The van der Waals surface area contributed by atoms with Gasteiger partial charge in [0.15, 0.2) is 11.6 Å². The molecule has 0 aliphatic rings. The van der Waals surface area contributed by atoms with Gasteiger partial charge in [0.2, 0.25) is 11.2 Å². The first kappa shape index (κ1) is 37.2. The molecule has 12 heteroatoms. The average molecular weight is 753 g/mol. The number of nitrogens with zero attached hydrogens (tertiary/aromatic N) is 4. The van der Waals surface area contributed by atoms with Crippen LogP contribution in [0.4, 0.5) is 0 Å². The highest BCUT2D eigenvalue weighted by molar-refractivity contribution is 6.37. The Bertz CT molecular complexity index is 2280. The van der Waals surface area contributed by atoms with Crippen LogP contribution in [0.3, 0.4) is 0 Å². The van der Waals surface area contributed by atoms with E-state index in [0.717, 1.165) is 54.3 Å². The minimum absolute atomic E-state index is 0.0101. The highest BCUT2D eigenvalue weighted by Gasteiger charge is 2.19. The van der Waals surface area contributed by atoms with E-state index in [1.54, 1.807) is 45.5 Å². The van der Waals surface area contributed by atoms with Gasteiger partial charge in [0.25, 0.3) is 0 Å². The zero-order chi connectivity index (χ0) is 35.9. The molecule has 0 aliphatic carbocycles. The monoisotopic (exact) mass is 750 g/mol. The van der Waals surface area contributed by atoms with Crippen LogP contribution in [0, 0.1) is 10.8 Å². The topological polar surface area (TPSA) is 102 Å². The Kier molecular flexibility index (Phi) is 12.5. The number of halogens is 4. The number of rotatable bonds is 12. The number of fused-ring (bicyclic) bond motifs is 2. The molecular weight excluding hydrogens is 714 g/mol. The number of hydrogen-bond donors (Lipinski definition) is 2. The van der Waals surface area contributed by atoms with Crippen molar-refractivity contribution in [1.29, 1.82) is 10.8 Å². The molecule has 2 aromatic heterocycles. The van der Waals surface area contributed by atoms with Gasteiger partial charge < -0.3 is 18.3 Å². The number of imidazole rings is 2. The number of carbonyl (C=O) groups is 2. The molecule has 2 heterocycles. The van der Waals surface area contributed by atoms with Crippen molar-refractivity contribution in [3.8, 4) is 0 Å². The fourth-order valence-corrected chi connectivity index (χ4v) is 6.96. The summed E-state index contributed by atoms with van der Waals surface area (Å²) in [4.78, 5) is 25.3. The van der Waals surface area contributed by atoms with Crippen molar-refractivity contribution >= 4 is 80.0 Å². The Morgan fingerprint density at radius 3 is 1.56 bits per heavy atom. The number of unbranched alkanes of at least 4 members (excludes halogenated alkanes) is 2. The maximum atomic E-state index is 12.8. The van der Waals surface area contributed by atoms with Gasteiger partial charge in [0.1, 0.15) is 0 Å². The first-order valence-corrected chi connectivity index (χ1v) is 18.0. The Morgan fingerprint density at radius 2 is 1.08 bits per heavy atom. The summed E-state index contributed by atoms with van der Waals surface area (Å²) in [6.07, 6.45) is 3.93. The fourth-order valence-electron chi connectivity index (χ4n) is 5.90. The van der Waals surface area contributed by atoms with E-state index in [1.165, 1.54) is 0 Å². The third-order valence-corrected chi connectivity index (χ3v) is 9.63. The summed E-state index contributed by atoms with van der Waals surface area (Å²) in [6.45, 7) is 5.76. The number of benzene rings is 4. The highest BCUT2D eigenvalue weighted by Crippen LogP contribution is 2.26. The van der Waals surface area contributed by atoms with Gasteiger partial charge in [0, 0.05) is 29.2 Å². The Balaban J connectivity index is 0.000000195. The number of nitrogens with one attached hydrogen (secondary N) is 2. The van der Waals surface area contributed by atoms with E-state index in [4.69, 9.17) is 57.2 Å². The van der Waals surface area contributed by atoms with Crippen molar-refractivity contribution in [2.75, 3.05) is 0 Å². The molecule has 8 nitrogen and oxygen atoms in total. The quantitative estimate of drug-likeness (QED) is 0.122. The van der Waals surface area contributed by atoms with E-state index in [0.29, 0.717) is 43.4 Å². The molecule has 0 radical (unpaired) electrons. The summed E-state index contributed by atoms with van der Waals surface area (Å²) in [5.41, 5.74) is 4.81. The third kappa shape index (κ3) is 7.94. The van der Waals surface area contributed by atoms with Crippen LogP contribution >= 0.6 is 46.4 Å². The van der Waals surface area contributed by atoms with Gasteiger partial charge >= 0.3 is 0 Å². The second-order valence-electron chi connectivity index (χ2n) is 11.9. The second kappa shape index (κ2) is 16.8. The summed E-state index contributed by atoms with van der Waals surface area (Å²) in [6, 6.07) is 25.1. The van der Waals surface area contributed by atoms with Crippen molar-refractivity contribution in [1.82, 2.24) is 18.3 Å². The van der Waals surface area contributed by atoms with Gasteiger partial charge in [-0.25, -0.2) is 0 Å². The predicted molar refractivity (Wildman–Crippen MR) is 203 cm³/mol. The molecular formula is C38H38Cl4N6O2. The molecule has 0 spiro atoms. The molecule has 260 valence electrons. The van der Waals surface area contributed by atoms with Crippen LogP contribution in [0.15, 0.2) is 84.9 Å². The molecule has 6 rings (SSSR count). The molecule has 0 unspecified atom stereocenters. The molecule has 2 N–H and O–H groups in total. The number of hydrogen-bond acceptors (Lipinski definition) is 4. The van der Waals surface area contributed by atoms with Crippen LogP contribution in [0.5, 0.6) is 0 Å². The smallest absolute Gasteiger partial charge is 0.203 e. The van der Waals surface area contributed by atoms with Gasteiger partial charge in [-0.3, -0.25) is 20.4 Å². The van der Waals surface area contributed by atoms with Crippen LogP contribution in [-0.4, -0.2) is 29.8 Å². The summed E-state index contributed by atoms with van der Waals surface area (Å²) >= 11 is 24.8. The lowest BCUT2D eigenvalue weighted by molar-refractivity contribution is 0.0963. The Morgan fingerprint density at radius 1 is 0.580 bits per heavy atom. The van der Waals surface area contributed by atoms with Crippen molar-refractivity contribution in [2.45, 2.75) is 65.7 Å². The minimum Gasteiger partial charge on any atom is -0.309 e. The van der Waals surface area contributed by atoms with E-state index in [1.807, 2.05) is 57.7 Å². The Hall–Kier alpha value is -4.08. The van der Waals surface area contributed by atoms with Gasteiger partial charge in [-0.2, -0.15) is 0 Å². The lowest BCUT2D eigenvalue weighted by Gasteiger charge is -2.06. The van der Waals surface area contributed by atoms with Gasteiger partial charge in [-0.1, -0.05) is 116 Å². The second-order valence-corrected chi connectivity index (χ2v) is 13.5. The molecule has 0 saturated carbocycles. The maximum Gasteiger partial charge on any atom is 0.203 e. The predicted octanol–water partition coefficient (Wildman–Crippen LogP) is 9.82. The number of Topliss-reactive ketones (excluding diaryl/α,β-unsaturated/α-hetero) is 2. The van der Waals surface area contributed by atoms with E-state index in [9.17, 15) is 9.59 Å². The molecule has 0 aliphatic heterocycles. The Labute approximate surface area is 310 Å². The van der Waals surface area contributed by atoms with Gasteiger partial charge in [-0.05, 0) is 55.3 Å². The van der Waals surface area contributed by atoms with E-state index in [2.05, 4.69) is 13.8 Å². The number of carbonyl (C=O) groups excluding carboxylic acids is 2. The molecule has 0 bridgehead atoms. The molecule has 0 fully saturated rings. The molecule has 0 saturated heterocycles. The van der Waals surface area contributed by atoms with Crippen molar-refractivity contribution < 1.29 is 9.59 Å². The zero-order valence-corrected chi connectivity index (χ0v) is 30.9. The normalized spacial score (nSPS) is 11.2. The molecule has 4 aromatic carbocycles. The lowest BCUT2D eigenvalue weighted by atomic mass is 10.1. The summed E-state index contributed by atoms with van der Waals surface area (Å²) in [7, 11) is 0. The number of para-hydroxylation sites is 2. The zero-order valence-electron chi connectivity index (χ0n) is 27.9. The first-order valence-electron chi connectivity index (χ1n) is 16.5. The van der Waals surface area contributed by atoms with Crippen LogP contribution in [0.1, 0.15) is 60.2 Å². The SMILES string of the molecule is CCCCn1c(=N)n(CC(=O)c2ccc(Cl)cc2Cl)c2cccc(Cl)c21.CCCCn1c(=N)n(CC(=O)c2ccccc2)c2cccc(Cl)c21. The molecule has 50 heavy (non-hydrogen) atoms. The average Bonchev–Trinajstić information content (AvgIpc) is 3.53. The maximum absolute atomic E-state index is 12.8. The van der Waals surface area contributed by atoms with Crippen LogP contribution < -0.4 is 11.2 Å². The summed E-state index contributed by atoms with van der Waals surface area (Å²) < 4.78 is 7.17. The molecule has 0 atom stereocenters. The standard InChI is InChI=1S/C19H18Cl3N3O.C19H20ClN3O/c1-2-3-9-24-18-14(21)5-4-6-16(18)25(19(24)23)11-17(26)13-8-7-12(20)10-15(13)22;1-2-3-12-22-18-15(20)10-7-11-16(18)23(19(22)21)13-17(24)14-8-5-4-6-9-14/h4-8,10,23H,2-3,9,11H2,1H3;4-11,21H,2-3,12-13H2,1H3. The van der Waals surface area contributed by atoms with E-state index < -0.39 is 0 Å². The van der Waals surface area contributed by atoms with Crippen molar-refractivity contribution in [3.05, 3.63) is 127 Å². The molecule has 0 amide bonds. The largest absolute Gasteiger partial charge is 0.309 e. The van der Waals surface area contributed by atoms with Crippen molar-refractivity contribution in [3.63, 3.8) is 0 Å². The van der Waals surface area contributed by atoms with Crippen LogP contribution in [0.25, 0.3) is 22.1 Å².